The van der Waals surface area contributed by atoms with Crippen molar-refractivity contribution in [3.8, 4) is 0 Å². The number of hydrogen-bond donors (Lipinski definition) is 1. The van der Waals surface area contributed by atoms with Crippen LogP contribution in [-0.4, -0.2) is 36.9 Å². The van der Waals surface area contributed by atoms with E-state index in [9.17, 15) is 13.2 Å². The van der Waals surface area contributed by atoms with Crippen LogP contribution in [0.5, 0.6) is 0 Å². The number of carbonyl (C=O) groups is 1. The second kappa shape index (κ2) is 5.54. The Morgan fingerprint density at radius 2 is 1.89 bits per heavy atom. The fourth-order valence-electron chi connectivity index (χ4n) is 1.92. The SMILES string of the molecule is O=C(O)c1ccc(CS(=O)(=O)N2CC=CCC2)cc1. The lowest BCUT2D eigenvalue weighted by Gasteiger charge is -2.22. The van der Waals surface area contributed by atoms with E-state index < -0.39 is 16.0 Å². The number of nitrogens with zero attached hydrogens (tertiary/aromatic N) is 1. The molecule has 1 heterocycles. The topological polar surface area (TPSA) is 74.7 Å². The highest BCUT2D eigenvalue weighted by Crippen LogP contribution is 2.14. The van der Waals surface area contributed by atoms with Crippen LogP contribution < -0.4 is 0 Å². The zero-order chi connectivity index (χ0) is 13.9. The van der Waals surface area contributed by atoms with Crippen LogP contribution in [0, 0.1) is 0 Å². The van der Waals surface area contributed by atoms with Crippen LogP contribution in [0.25, 0.3) is 0 Å². The molecule has 0 saturated heterocycles. The minimum absolute atomic E-state index is 0.0965. The summed E-state index contributed by atoms with van der Waals surface area (Å²) in [7, 11) is -3.33. The summed E-state index contributed by atoms with van der Waals surface area (Å²) < 4.78 is 25.7. The Kier molecular flexibility index (Phi) is 4.01. The maximum absolute atomic E-state index is 12.1. The summed E-state index contributed by atoms with van der Waals surface area (Å²) in [6.07, 6.45) is 4.54. The van der Waals surface area contributed by atoms with Crippen molar-refractivity contribution in [1.82, 2.24) is 4.31 Å². The molecular weight excluding hydrogens is 266 g/mol. The molecule has 0 aromatic heterocycles. The van der Waals surface area contributed by atoms with Gasteiger partial charge in [0.25, 0.3) is 0 Å². The molecule has 0 unspecified atom stereocenters. The van der Waals surface area contributed by atoms with Gasteiger partial charge in [0.05, 0.1) is 11.3 Å². The summed E-state index contributed by atoms with van der Waals surface area (Å²) in [5, 5.41) is 8.78. The fraction of sp³-hybridized carbons (Fsp3) is 0.308. The summed E-state index contributed by atoms with van der Waals surface area (Å²) in [6.45, 7) is 0.918. The zero-order valence-corrected chi connectivity index (χ0v) is 11.1. The predicted octanol–water partition coefficient (Wildman–Crippen LogP) is 1.48. The van der Waals surface area contributed by atoms with Crippen molar-refractivity contribution in [3.05, 3.63) is 47.5 Å². The lowest BCUT2D eigenvalue weighted by Crippen LogP contribution is -2.34. The highest BCUT2D eigenvalue weighted by atomic mass is 32.2. The highest BCUT2D eigenvalue weighted by molar-refractivity contribution is 7.88. The van der Waals surface area contributed by atoms with Crippen LogP contribution in [0.4, 0.5) is 0 Å². The van der Waals surface area contributed by atoms with Gasteiger partial charge in [-0.15, -0.1) is 0 Å². The number of carboxylic acids is 1. The van der Waals surface area contributed by atoms with Gasteiger partial charge in [-0.1, -0.05) is 24.3 Å². The Balaban J connectivity index is 2.11. The predicted molar refractivity (Wildman–Crippen MR) is 71.4 cm³/mol. The van der Waals surface area contributed by atoms with Crippen molar-refractivity contribution < 1.29 is 18.3 Å². The summed E-state index contributed by atoms with van der Waals surface area (Å²) in [5.74, 6) is -1.11. The van der Waals surface area contributed by atoms with Crippen molar-refractivity contribution in [3.63, 3.8) is 0 Å². The Labute approximate surface area is 112 Å². The van der Waals surface area contributed by atoms with Gasteiger partial charge < -0.3 is 5.11 Å². The van der Waals surface area contributed by atoms with E-state index in [1.54, 1.807) is 12.1 Å². The van der Waals surface area contributed by atoms with E-state index in [0.717, 1.165) is 6.42 Å². The second-order valence-electron chi connectivity index (χ2n) is 4.38. The van der Waals surface area contributed by atoms with Crippen LogP contribution in [0.3, 0.4) is 0 Å². The molecule has 0 atom stereocenters. The molecular formula is C13H15NO4S. The molecule has 1 aromatic rings. The average molecular weight is 281 g/mol. The smallest absolute Gasteiger partial charge is 0.335 e. The average Bonchev–Trinajstić information content (AvgIpc) is 2.40. The number of carboxylic acid groups (broad SMARTS) is 1. The van der Waals surface area contributed by atoms with Crippen LogP contribution >= 0.6 is 0 Å². The second-order valence-corrected chi connectivity index (χ2v) is 6.35. The summed E-state index contributed by atoms with van der Waals surface area (Å²) in [6, 6.07) is 5.92. The maximum atomic E-state index is 12.1. The number of sulfonamides is 1. The highest BCUT2D eigenvalue weighted by Gasteiger charge is 2.22. The Bertz CT molecular complexity index is 590. The monoisotopic (exact) mass is 281 g/mol. The van der Waals surface area contributed by atoms with Gasteiger partial charge in [0.15, 0.2) is 0 Å². The molecule has 0 amide bonds. The summed E-state index contributed by atoms with van der Waals surface area (Å²) in [4.78, 5) is 10.7. The number of hydrogen-bond acceptors (Lipinski definition) is 3. The lowest BCUT2D eigenvalue weighted by atomic mass is 10.1. The van der Waals surface area contributed by atoms with Gasteiger partial charge in [-0.2, -0.15) is 4.31 Å². The summed E-state index contributed by atoms with van der Waals surface area (Å²) in [5.41, 5.74) is 0.751. The molecule has 0 radical (unpaired) electrons. The standard InChI is InChI=1S/C13H15NO4S/c15-13(16)12-6-4-11(5-7-12)10-19(17,18)14-8-2-1-3-9-14/h1-2,4-7H,3,8-10H2,(H,15,16). The van der Waals surface area contributed by atoms with Crippen LogP contribution in [-0.2, 0) is 15.8 Å². The van der Waals surface area contributed by atoms with Gasteiger partial charge in [0.1, 0.15) is 0 Å². The van der Waals surface area contributed by atoms with Crippen LogP contribution in [0.15, 0.2) is 36.4 Å². The first kappa shape index (κ1) is 13.8. The van der Waals surface area contributed by atoms with Gasteiger partial charge in [-0.25, -0.2) is 13.2 Å². The molecule has 1 aliphatic heterocycles. The van der Waals surface area contributed by atoms with Crippen molar-refractivity contribution in [2.75, 3.05) is 13.1 Å². The first-order valence-electron chi connectivity index (χ1n) is 5.94. The number of aromatic carboxylic acids is 1. The molecule has 2 rings (SSSR count). The molecule has 102 valence electrons. The third-order valence-corrected chi connectivity index (χ3v) is 4.78. The number of benzene rings is 1. The molecule has 0 fully saturated rings. The van der Waals surface area contributed by atoms with E-state index in [1.165, 1.54) is 16.4 Å². The van der Waals surface area contributed by atoms with Gasteiger partial charge in [-0.05, 0) is 24.1 Å². The van der Waals surface area contributed by atoms with E-state index in [2.05, 4.69) is 0 Å². The molecule has 0 aliphatic carbocycles. The lowest BCUT2D eigenvalue weighted by molar-refractivity contribution is 0.0697. The van der Waals surface area contributed by atoms with E-state index in [-0.39, 0.29) is 11.3 Å². The molecule has 6 heteroatoms. The third-order valence-electron chi connectivity index (χ3n) is 2.96. The minimum atomic E-state index is -3.33. The van der Waals surface area contributed by atoms with Gasteiger partial charge in [0, 0.05) is 13.1 Å². The molecule has 19 heavy (non-hydrogen) atoms. The third kappa shape index (κ3) is 3.42. The first-order valence-corrected chi connectivity index (χ1v) is 7.55. The van der Waals surface area contributed by atoms with Crippen LogP contribution in [0.2, 0.25) is 0 Å². The van der Waals surface area contributed by atoms with Crippen molar-refractivity contribution in [2.24, 2.45) is 0 Å². The normalized spacial score (nSPS) is 16.4. The van der Waals surface area contributed by atoms with Crippen molar-refractivity contribution >= 4 is 16.0 Å². The Hall–Kier alpha value is -1.66. The Morgan fingerprint density at radius 3 is 2.42 bits per heavy atom. The van der Waals surface area contributed by atoms with E-state index in [0.29, 0.717) is 18.7 Å². The van der Waals surface area contributed by atoms with Crippen molar-refractivity contribution in [2.45, 2.75) is 12.2 Å². The van der Waals surface area contributed by atoms with Gasteiger partial charge >= 0.3 is 5.97 Å². The maximum Gasteiger partial charge on any atom is 0.335 e. The minimum Gasteiger partial charge on any atom is -0.478 e. The fourth-order valence-corrected chi connectivity index (χ4v) is 3.41. The molecule has 5 nitrogen and oxygen atoms in total. The molecule has 1 N–H and O–H groups in total. The molecule has 0 saturated carbocycles. The molecule has 0 bridgehead atoms. The summed E-state index contributed by atoms with van der Waals surface area (Å²) >= 11 is 0. The van der Waals surface area contributed by atoms with Gasteiger partial charge in [-0.3, -0.25) is 0 Å². The van der Waals surface area contributed by atoms with Gasteiger partial charge in [0.2, 0.25) is 10.0 Å². The van der Waals surface area contributed by atoms with E-state index in [4.69, 9.17) is 5.11 Å². The quantitative estimate of drug-likeness (QED) is 0.848. The largest absolute Gasteiger partial charge is 0.478 e. The van der Waals surface area contributed by atoms with Crippen molar-refractivity contribution in [1.29, 1.82) is 0 Å². The van der Waals surface area contributed by atoms with E-state index in [1.807, 2.05) is 12.2 Å². The molecule has 1 aromatic carbocycles. The Morgan fingerprint density at radius 1 is 1.21 bits per heavy atom. The molecule has 1 aliphatic rings. The van der Waals surface area contributed by atoms with Crippen LogP contribution in [0.1, 0.15) is 22.3 Å². The first-order chi connectivity index (χ1) is 8.99. The zero-order valence-electron chi connectivity index (χ0n) is 10.3. The van der Waals surface area contributed by atoms with E-state index >= 15 is 0 Å². The number of rotatable bonds is 4. The molecule has 0 spiro atoms.